The van der Waals surface area contributed by atoms with Gasteiger partial charge in [-0.3, -0.25) is 24.6 Å². The van der Waals surface area contributed by atoms with Gasteiger partial charge >= 0.3 is 11.1 Å². The molecule has 2 saturated heterocycles. The molecule has 2 aliphatic rings. The number of hydrogen-bond acceptors (Lipinski definition) is 8. The van der Waals surface area contributed by atoms with Crippen LogP contribution in [0, 0.1) is 15.9 Å². The van der Waals surface area contributed by atoms with Crippen LogP contribution >= 0.6 is 11.3 Å². The number of likely N-dealkylation sites (tertiary alicyclic amines) is 1. The van der Waals surface area contributed by atoms with Crippen molar-refractivity contribution in [3.8, 4) is 5.75 Å². The summed E-state index contributed by atoms with van der Waals surface area (Å²) >= 11 is 0.837. The second-order valence-electron chi connectivity index (χ2n) is 8.17. The van der Waals surface area contributed by atoms with Crippen LogP contribution in [0.1, 0.15) is 29.4 Å². The smallest absolute Gasteiger partial charge is 0.414 e. The van der Waals surface area contributed by atoms with Gasteiger partial charge in [-0.2, -0.15) is 0 Å². The van der Waals surface area contributed by atoms with Crippen molar-refractivity contribution in [1.29, 1.82) is 0 Å². The lowest BCUT2D eigenvalue weighted by atomic mass is 10.1. The molecule has 11 nitrogen and oxygen atoms in total. The number of amides is 3. The number of benzene rings is 1. The van der Waals surface area contributed by atoms with Crippen LogP contribution in [-0.2, 0) is 9.53 Å². The number of thiophene rings is 1. The molecule has 2 aromatic rings. The van der Waals surface area contributed by atoms with E-state index in [1.807, 2.05) is 0 Å². The van der Waals surface area contributed by atoms with E-state index >= 15 is 0 Å². The quantitative estimate of drug-likeness (QED) is 0.451. The van der Waals surface area contributed by atoms with Crippen molar-refractivity contribution < 1.29 is 33.2 Å². The Morgan fingerprint density at radius 2 is 2.03 bits per heavy atom. The average molecular weight is 507 g/mol. The van der Waals surface area contributed by atoms with Crippen molar-refractivity contribution in [2.45, 2.75) is 32.0 Å². The Morgan fingerprint density at radius 3 is 2.66 bits per heavy atom. The highest BCUT2D eigenvalue weighted by Gasteiger charge is 2.33. The number of anilines is 1. The van der Waals surface area contributed by atoms with Crippen molar-refractivity contribution in [3.63, 3.8) is 0 Å². The van der Waals surface area contributed by atoms with E-state index in [-0.39, 0.29) is 41.8 Å². The summed E-state index contributed by atoms with van der Waals surface area (Å²) in [6, 6.07) is 6.96. The number of halogens is 1. The standard InChI is InChI=1S/C22H23FN4O7S/c1-13(28)24-11-16-12-26(22(30)34-16)14-2-3-18(17(23)10-14)33-15-6-8-25(9-7-15)21(29)19-4-5-20(35-19)27(31)32/h2-5,10,15-16H,6-9,11-12H2,1H3,(H,24,28)/t16-/m0/s1. The van der Waals surface area contributed by atoms with Gasteiger partial charge in [-0.05, 0) is 18.2 Å². The number of carbonyl (C=O) groups excluding carboxylic acids is 3. The molecule has 1 aromatic carbocycles. The van der Waals surface area contributed by atoms with Gasteiger partial charge in [-0.25, -0.2) is 9.18 Å². The maximum atomic E-state index is 14.8. The maximum Gasteiger partial charge on any atom is 0.414 e. The molecule has 0 saturated carbocycles. The minimum absolute atomic E-state index is 0.0368. The number of hydrogen-bond donors (Lipinski definition) is 1. The largest absolute Gasteiger partial charge is 0.487 e. The Labute approximate surface area is 203 Å². The molecule has 0 unspecified atom stereocenters. The average Bonchev–Trinajstić information content (AvgIpc) is 3.46. The van der Waals surface area contributed by atoms with Crippen LogP contribution in [0.4, 0.5) is 19.9 Å². The Hall–Kier alpha value is -3.74. The van der Waals surface area contributed by atoms with E-state index in [2.05, 4.69) is 5.32 Å². The van der Waals surface area contributed by atoms with Crippen molar-refractivity contribution in [1.82, 2.24) is 10.2 Å². The van der Waals surface area contributed by atoms with Crippen LogP contribution < -0.4 is 15.0 Å². The molecule has 186 valence electrons. The van der Waals surface area contributed by atoms with Crippen LogP contribution in [0.25, 0.3) is 0 Å². The minimum atomic E-state index is -0.634. The molecular weight excluding hydrogens is 483 g/mol. The molecule has 1 aromatic heterocycles. The fourth-order valence-corrected chi connectivity index (χ4v) is 4.69. The molecule has 4 rings (SSSR count). The summed E-state index contributed by atoms with van der Waals surface area (Å²) < 4.78 is 25.8. The molecular formula is C22H23FN4O7S. The third-order valence-electron chi connectivity index (χ3n) is 5.69. The third-order valence-corrected chi connectivity index (χ3v) is 6.71. The first-order valence-electron chi connectivity index (χ1n) is 10.9. The van der Waals surface area contributed by atoms with Crippen LogP contribution in [0.15, 0.2) is 30.3 Å². The molecule has 0 radical (unpaired) electrons. The Kier molecular flexibility index (Phi) is 7.15. The predicted octanol–water partition coefficient (Wildman–Crippen LogP) is 2.94. The normalized spacial score (nSPS) is 18.3. The van der Waals surface area contributed by atoms with Crippen LogP contribution in [0.2, 0.25) is 0 Å². The minimum Gasteiger partial charge on any atom is -0.487 e. The summed E-state index contributed by atoms with van der Waals surface area (Å²) in [5.74, 6) is -1.11. The van der Waals surface area contributed by atoms with E-state index in [1.165, 1.54) is 36.1 Å². The van der Waals surface area contributed by atoms with Gasteiger partial charge in [0.05, 0.1) is 28.6 Å². The highest BCUT2D eigenvalue weighted by Crippen LogP contribution is 2.30. The summed E-state index contributed by atoms with van der Waals surface area (Å²) in [5.41, 5.74) is 0.315. The molecule has 1 N–H and O–H groups in total. The van der Waals surface area contributed by atoms with Crippen molar-refractivity contribution in [2.75, 3.05) is 31.1 Å². The van der Waals surface area contributed by atoms with Crippen molar-refractivity contribution >= 4 is 39.9 Å². The zero-order valence-electron chi connectivity index (χ0n) is 18.8. The predicted molar refractivity (Wildman–Crippen MR) is 123 cm³/mol. The maximum absolute atomic E-state index is 14.8. The monoisotopic (exact) mass is 506 g/mol. The summed E-state index contributed by atoms with van der Waals surface area (Å²) in [6.45, 7) is 2.47. The molecule has 1 atom stereocenters. The fourth-order valence-electron chi connectivity index (χ4n) is 3.90. The van der Waals surface area contributed by atoms with Gasteiger partial charge in [0.2, 0.25) is 5.91 Å². The fraction of sp³-hybridized carbons (Fsp3) is 0.409. The molecule has 2 aliphatic heterocycles. The van der Waals surface area contributed by atoms with Crippen molar-refractivity contribution in [3.05, 3.63) is 51.1 Å². The lowest BCUT2D eigenvalue weighted by molar-refractivity contribution is -0.380. The number of carbonyl (C=O) groups is 3. The van der Waals surface area contributed by atoms with Gasteiger partial charge in [-0.15, -0.1) is 0 Å². The van der Waals surface area contributed by atoms with Gasteiger partial charge in [0.15, 0.2) is 11.6 Å². The molecule has 3 amide bonds. The Morgan fingerprint density at radius 1 is 1.29 bits per heavy atom. The van der Waals surface area contributed by atoms with Gasteiger partial charge in [0.1, 0.15) is 12.2 Å². The first-order valence-corrected chi connectivity index (χ1v) is 11.7. The number of cyclic esters (lactones) is 1. The second-order valence-corrected chi connectivity index (χ2v) is 9.23. The van der Waals surface area contributed by atoms with Crippen molar-refractivity contribution in [2.24, 2.45) is 0 Å². The van der Waals surface area contributed by atoms with E-state index in [1.54, 1.807) is 11.0 Å². The highest BCUT2D eigenvalue weighted by atomic mass is 32.1. The van der Waals surface area contributed by atoms with Crippen LogP contribution in [0.3, 0.4) is 0 Å². The summed E-state index contributed by atoms with van der Waals surface area (Å²) in [6.07, 6.45) is -0.510. The van der Waals surface area contributed by atoms with E-state index < -0.39 is 22.9 Å². The summed E-state index contributed by atoms with van der Waals surface area (Å²) in [7, 11) is 0. The molecule has 3 heterocycles. The van der Waals surface area contributed by atoms with Crippen LogP contribution in [0.5, 0.6) is 5.75 Å². The van der Waals surface area contributed by atoms with E-state index in [9.17, 15) is 28.9 Å². The number of nitrogens with zero attached hydrogens (tertiary/aromatic N) is 3. The van der Waals surface area contributed by atoms with Gasteiger partial charge in [-0.1, -0.05) is 11.3 Å². The third kappa shape index (κ3) is 5.67. The summed E-state index contributed by atoms with van der Waals surface area (Å²) in [5, 5.41) is 13.3. The first kappa shape index (κ1) is 24.4. The number of nitro groups is 1. The molecule has 0 spiro atoms. The molecule has 35 heavy (non-hydrogen) atoms. The van der Waals surface area contributed by atoms with Crippen LogP contribution in [-0.4, -0.2) is 66.1 Å². The highest BCUT2D eigenvalue weighted by molar-refractivity contribution is 7.17. The number of ether oxygens (including phenoxy) is 2. The van der Waals surface area contributed by atoms with E-state index in [4.69, 9.17) is 9.47 Å². The SMILES string of the molecule is CC(=O)NC[C@H]1CN(c2ccc(OC3CCN(C(=O)c4ccc([N+](=O)[O-])s4)CC3)c(F)c2)C(=O)O1. The number of piperidine rings is 1. The Balaban J connectivity index is 1.31. The van der Waals surface area contributed by atoms with Gasteiger partial charge < -0.3 is 19.7 Å². The van der Waals surface area contributed by atoms with E-state index in [0.717, 1.165) is 11.3 Å². The molecule has 13 heteroatoms. The lowest BCUT2D eigenvalue weighted by Gasteiger charge is -2.32. The molecule has 2 fully saturated rings. The second kappa shape index (κ2) is 10.3. The van der Waals surface area contributed by atoms with E-state index in [0.29, 0.717) is 36.5 Å². The van der Waals surface area contributed by atoms with Gasteiger partial charge in [0, 0.05) is 45.0 Å². The van der Waals surface area contributed by atoms with Gasteiger partial charge in [0.25, 0.3) is 5.91 Å². The lowest BCUT2D eigenvalue weighted by Crippen LogP contribution is -2.41. The zero-order chi connectivity index (χ0) is 25.1. The zero-order valence-corrected chi connectivity index (χ0v) is 19.6. The number of nitrogens with one attached hydrogen (secondary N) is 1. The topological polar surface area (TPSA) is 131 Å². The molecule has 0 aliphatic carbocycles. The molecule has 0 bridgehead atoms. The number of rotatable bonds is 7. The summed E-state index contributed by atoms with van der Waals surface area (Å²) in [4.78, 5) is 49.3. The first-order chi connectivity index (χ1) is 16.7. The Bertz CT molecular complexity index is 1150.